The monoisotopic (exact) mass is 393 g/mol. The summed E-state index contributed by atoms with van der Waals surface area (Å²) in [6, 6.07) is -0.696. The summed E-state index contributed by atoms with van der Waals surface area (Å²) in [7, 11) is 0. The highest BCUT2D eigenvalue weighted by molar-refractivity contribution is 5.74. The number of alkyl halides is 3. The summed E-state index contributed by atoms with van der Waals surface area (Å²) in [5.74, 6) is -0.719. The SMILES string of the molecule is CCOC(=O)C(CC(C)(C)C)n1cc(CC(O)CO)c(C(F)(F)F)cc1=O. The fourth-order valence-corrected chi connectivity index (χ4v) is 2.69. The van der Waals surface area contributed by atoms with Gasteiger partial charge < -0.3 is 19.5 Å². The number of nitrogens with zero attached hydrogens (tertiary/aromatic N) is 1. The highest BCUT2D eigenvalue weighted by Gasteiger charge is 2.36. The molecule has 0 aromatic carbocycles. The lowest BCUT2D eigenvalue weighted by molar-refractivity contribution is -0.148. The van der Waals surface area contributed by atoms with Gasteiger partial charge in [0.2, 0.25) is 0 Å². The van der Waals surface area contributed by atoms with Crippen molar-refractivity contribution in [1.82, 2.24) is 4.57 Å². The van der Waals surface area contributed by atoms with E-state index in [4.69, 9.17) is 9.84 Å². The van der Waals surface area contributed by atoms with Gasteiger partial charge in [-0.25, -0.2) is 4.79 Å². The molecule has 0 saturated carbocycles. The summed E-state index contributed by atoms with van der Waals surface area (Å²) in [6.45, 7) is 6.38. The third-order valence-electron chi connectivity index (χ3n) is 3.84. The molecule has 0 radical (unpaired) electrons. The quantitative estimate of drug-likeness (QED) is 0.694. The van der Waals surface area contributed by atoms with Gasteiger partial charge in [-0.15, -0.1) is 0 Å². The minimum Gasteiger partial charge on any atom is -0.464 e. The van der Waals surface area contributed by atoms with E-state index in [1.54, 1.807) is 6.92 Å². The maximum atomic E-state index is 13.3. The molecule has 0 spiro atoms. The van der Waals surface area contributed by atoms with Gasteiger partial charge in [0.15, 0.2) is 0 Å². The molecule has 27 heavy (non-hydrogen) atoms. The van der Waals surface area contributed by atoms with Crippen LogP contribution in [0.15, 0.2) is 17.1 Å². The summed E-state index contributed by atoms with van der Waals surface area (Å²) in [5.41, 5.74) is -2.99. The fourth-order valence-electron chi connectivity index (χ4n) is 2.69. The van der Waals surface area contributed by atoms with Crippen LogP contribution in [0.25, 0.3) is 0 Å². The molecular weight excluding hydrogens is 367 g/mol. The molecule has 154 valence electrons. The van der Waals surface area contributed by atoms with Gasteiger partial charge in [0.05, 0.1) is 24.9 Å². The number of hydrogen-bond donors (Lipinski definition) is 2. The minimum absolute atomic E-state index is 0.0605. The van der Waals surface area contributed by atoms with Crippen LogP contribution in [-0.4, -0.2) is 40.1 Å². The number of aliphatic hydroxyl groups is 2. The molecule has 0 aliphatic rings. The van der Waals surface area contributed by atoms with Crippen LogP contribution < -0.4 is 5.56 Å². The number of carbonyl (C=O) groups excluding carboxylic acids is 1. The lowest BCUT2D eigenvalue weighted by atomic mass is 9.87. The van der Waals surface area contributed by atoms with E-state index in [9.17, 15) is 27.9 Å². The van der Waals surface area contributed by atoms with Gasteiger partial charge in [0, 0.05) is 18.7 Å². The third-order valence-corrected chi connectivity index (χ3v) is 3.84. The van der Waals surface area contributed by atoms with Gasteiger partial charge in [-0.3, -0.25) is 4.79 Å². The van der Waals surface area contributed by atoms with Crippen molar-refractivity contribution in [2.45, 2.75) is 58.9 Å². The number of aliphatic hydroxyl groups excluding tert-OH is 2. The number of ether oxygens (including phenoxy) is 1. The number of aromatic nitrogens is 1. The molecule has 0 saturated heterocycles. The van der Waals surface area contributed by atoms with Crippen molar-refractivity contribution in [2.75, 3.05) is 13.2 Å². The van der Waals surface area contributed by atoms with Gasteiger partial charge in [0.25, 0.3) is 5.56 Å². The Balaban J connectivity index is 3.56. The zero-order valence-electron chi connectivity index (χ0n) is 15.8. The van der Waals surface area contributed by atoms with Crippen molar-refractivity contribution in [3.8, 4) is 0 Å². The van der Waals surface area contributed by atoms with Crippen molar-refractivity contribution >= 4 is 5.97 Å². The molecule has 1 aromatic heterocycles. The Morgan fingerprint density at radius 2 is 1.89 bits per heavy atom. The van der Waals surface area contributed by atoms with Crippen molar-refractivity contribution in [2.24, 2.45) is 5.41 Å². The van der Waals surface area contributed by atoms with E-state index in [0.29, 0.717) is 6.07 Å². The average molecular weight is 393 g/mol. The Morgan fingerprint density at radius 3 is 2.33 bits per heavy atom. The van der Waals surface area contributed by atoms with Crippen LogP contribution in [0.3, 0.4) is 0 Å². The van der Waals surface area contributed by atoms with Gasteiger partial charge in [-0.05, 0) is 24.3 Å². The van der Waals surface area contributed by atoms with E-state index in [1.807, 2.05) is 20.8 Å². The smallest absolute Gasteiger partial charge is 0.416 e. The van der Waals surface area contributed by atoms with Gasteiger partial charge in [-0.1, -0.05) is 20.8 Å². The maximum Gasteiger partial charge on any atom is 0.416 e. The molecule has 0 aliphatic heterocycles. The Bertz CT molecular complexity index is 706. The van der Waals surface area contributed by atoms with E-state index in [0.717, 1.165) is 10.8 Å². The summed E-state index contributed by atoms with van der Waals surface area (Å²) < 4.78 is 45.7. The second-order valence-electron chi connectivity index (χ2n) is 7.53. The number of esters is 1. The second-order valence-corrected chi connectivity index (χ2v) is 7.53. The zero-order chi connectivity index (χ0) is 21.0. The van der Waals surface area contributed by atoms with E-state index < -0.39 is 53.9 Å². The van der Waals surface area contributed by atoms with Crippen LogP contribution in [0, 0.1) is 5.41 Å². The molecule has 0 amide bonds. The highest BCUT2D eigenvalue weighted by Crippen LogP contribution is 2.33. The third kappa shape index (κ3) is 6.66. The molecule has 1 aromatic rings. The first-order valence-electron chi connectivity index (χ1n) is 8.58. The largest absolute Gasteiger partial charge is 0.464 e. The number of pyridine rings is 1. The Kier molecular flexibility index (Phi) is 7.62. The number of hydrogen-bond acceptors (Lipinski definition) is 5. The molecule has 0 bridgehead atoms. The number of carbonyl (C=O) groups is 1. The Morgan fingerprint density at radius 1 is 1.30 bits per heavy atom. The highest BCUT2D eigenvalue weighted by atomic mass is 19.4. The van der Waals surface area contributed by atoms with E-state index in [2.05, 4.69) is 0 Å². The molecule has 2 unspecified atom stereocenters. The van der Waals surface area contributed by atoms with Gasteiger partial charge in [0.1, 0.15) is 6.04 Å². The van der Waals surface area contributed by atoms with Crippen LogP contribution in [0.1, 0.15) is 51.3 Å². The molecule has 1 heterocycles. The predicted molar refractivity (Wildman–Crippen MR) is 92.2 cm³/mol. The van der Waals surface area contributed by atoms with Crippen molar-refractivity contribution < 1.29 is 32.9 Å². The first-order valence-corrected chi connectivity index (χ1v) is 8.58. The number of rotatable bonds is 7. The Hall–Kier alpha value is -1.87. The van der Waals surface area contributed by atoms with Crippen molar-refractivity contribution in [3.63, 3.8) is 0 Å². The molecule has 0 aliphatic carbocycles. The molecule has 9 heteroatoms. The van der Waals surface area contributed by atoms with E-state index >= 15 is 0 Å². The van der Waals surface area contributed by atoms with Crippen LogP contribution in [0.2, 0.25) is 0 Å². The van der Waals surface area contributed by atoms with Crippen molar-refractivity contribution in [1.29, 1.82) is 0 Å². The van der Waals surface area contributed by atoms with E-state index in [-0.39, 0.29) is 18.6 Å². The maximum absolute atomic E-state index is 13.3. The predicted octanol–water partition coefficient (Wildman–Crippen LogP) is 2.30. The molecule has 2 N–H and O–H groups in total. The molecule has 2 atom stereocenters. The van der Waals surface area contributed by atoms with Crippen molar-refractivity contribution in [3.05, 3.63) is 33.7 Å². The van der Waals surface area contributed by atoms with Gasteiger partial charge in [-0.2, -0.15) is 13.2 Å². The van der Waals surface area contributed by atoms with E-state index in [1.165, 1.54) is 0 Å². The molecular formula is C18H26F3NO5. The standard InChI is InChI=1S/C18H26F3NO5/c1-5-27-16(26)14(8-17(2,3)4)22-9-11(6-12(24)10-23)13(7-15(22)25)18(19,20)21/h7,9,12,14,23-24H,5-6,8,10H2,1-4H3. The van der Waals surface area contributed by atoms with Gasteiger partial charge >= 0.3 is 12.1 Å². The average Bonchev–Trinajstić information content (AvgIpc) is 2.52. The fraction of sp³-hybridized carbons (Fsp3) is 0.667. The summed E-state index contributed by atoms with van der Waals surface area (Å²) in [6.07, 6.45) is -5.67. The normalized spacial score (nSPS) is 14.7. The Labute approximate surface area is 155 Å². The molecule has 0 fully saturated rings. The summed E-state index contributed by atoms with van der Waals surface area (Å²) in [5, 5.41) is 18.5. The van der Waals surface area contributed by atoms with Crippen LogP contribution in [-0.2, 0) is 22.1 Å². The lowest BCUT2D eigenvalue weighted by Crippen LogP contribution is -2.35. The number of halogens is 3. The van der Waals surface area contributed by atoms with Crippen LogP contribution in [0.5, 0.6) is 0 Å². The van der Waals surface area contributed by atoms with Crippen LogP contribution in [0.4, 0.5) is 13.2 Å². The lowest BCUT2D eigenvalue weighted by Gasteiger charge is -2.27. The first-order chi connectivity index (χ1) is 12.3. The topological polar surface area (TPSA) is 88.8 Å². The minimum atomic E-state index is -4.81. The molecule has 1 rings (SSSR count). The second kappa shape index (κ2) is 8.88. The molecule has 6 nitrogen and oxygen atoms in total. The first kappa shape index (κ1) is 23.2. The summed E-state index contributed by atoms with van der Waals surface area (Å²) in [4.78, 5) is 24.7. The summed E-state index contributed by atoms with van der Waals surface area (Å²) >= 11 is 0. The zero-order valence-corrected chi connectivity index (χ0v) is 15.8. The van der Waals surface area contributed by atoms with Crippen LogP contribution >= 0.6 is 0 Å².